The van der Waals surface area contributed by atoms with Gasteiger partial charge in [-0.2, -0.15) is 4.31 Å². The summed E-state index contributed by atoms with van der Waals surface area (Å²) in [6, 6.07) is 6.90. The molecule has 0 atom stereocenters. The molecule has 0 saturated heterocycles. The van der Waals surface area contributed by atoms with Crippen molar-refractivity contribution in [1.29, 1.82) is 0 Å². The number of hydrogen-bond donors (Lipinski definition) is 0. The van der Waals surface area contributed by atoms with E-state index in [-0.39, 0.29) is 6.61 Å². The van der Waals surface area contributed by atoms with Gasteiger partial charge >= 0.3 is 6.09 Å². The van der Waals surface area contributed by atoms with Crippen LogP contribution in [0.1, 0.15) is 32.3 Å². The van der Waals surface area contributed by atoms with Crippen LogP contribution in [0.4, 0.5) is 10.5 Å². The zero-order chi connectivity index (χ0) is 15.2. The van der Waals surface area contributed by atoms with Crippen molar-refractivity contribution in [2.45, 2.75) is 33.1 Å². The van der Waals surface area contributed by atoms with Crippen LogP contribution < -0.4 is 4.31 Å². The van der Waals surface area contributed by atoms with E-state index in [1.807, 2.05) is 19.1 Å². The van der Waals surface area contributed by atoms with Crippen molar-refractivity contribution in [3.05, 3.63) is 29.8 Å². The Kier molecular flexibility index (Phi) is 6.01. The highest BCUT2D eigenvalue weighted by Gasteiger charge is 2.26. The molecular formula is C14H21NO4S. The van der Waals surface area contributed by atoms with Crippen molar-refractivity contribution in [3.63, 3.8) is 0 Å². The topological polar surface area (TPSA) is 63.7 Å². The molecule has 0 N–H and O–H groups in total. The van der Waals surface area contributed by atoms with Gasteiger partial charge in [0, 0.05) is 0 Å². The Bertz CT molecular complexity index is 537. The number of carbonyl (C=O) groups is 1. The fourth-order valence-electron chi connectivity index (χ4n) is 1.77. The third-order valence-corrected chi connectivity index (χ3v) is 3.66. The second-order valence-corrected chi connectivity index (χ2v) is 6.39. The second-order valence-electron chi connectivity index (χ2n) is 4.56. The summed E-state index contributed by atoms with van der Waals surface area (Å²) < 4.78 is 29.2. The van der Waals surface area contributed by atoms with E-state index in [2.05, 4.69) is 6.92 Å². The van der Waals surface area contributed by atoms with E-state index in [9.17, 15) is 13.2 Å². The van der Waals surface area contributed by atoms with Crippen molar-refractivity contribution >= 4 is 21.8 Å². The predicted octanol–water partition coefficient (Wildman–Crippen LogP) is 2.95. The van der Waals surface area contributed by atoms with Crippen LogP contribution in [-0.4, -0.2) is 27.4 Å². The maximum absolute atomic E-state index is 11.9. The van der Waals surface area contributed by atoms with E-state index in [1.165, 1.54) is 0 Å². The first kappa shape index (κ1) is 16.5. The zero-order valence-electron chi connectivity index (χ0n) is 12.1. The average Bonchev–Trinajstić information content (AvgIpc) is 2.37. The van der Waals surface area contributed by atoms with Gasteiger partial charge in [-0.05, 0) is 30.5 Å². The molecule has 0 heterocycles. The van der Waals surface area contributed by atoms with Crippen LogP contribution in [-0.2, 0) is 21.2 Å². The summed E-state index contributed by atoms with van der Waals surface area (Å²) in [7, 11) is -3.71. The molecule has 1 amide bonds. The number of carbonyl (C=O) groups excluding carboxylic acids is 1. The summed E-state index contributed by atoms with van der Waals surface area (Å²) in [5.41, 5.74) is 1.40. The lowest BCUT2D eigenvalue weighted by atomic mass is 10.1. The number of benzene rings is 1. The Hall–Kier alpha value is -1.56. The predicted molar refractivity (Wildman–Crippen MR) is 79.4 cm³/mol. The normalized spacial score (nSPS) is 11.2. The van der Waals surface area contributed by atoms with Gasteiger partial charge in [0.2, 0.25) is 10.0 Å². The molecular weight excluding hydrogens is 278 g/mol. The van der Waals surface area contributed by atoms with Gasteiger partial charge in [-0.25, -0.2) is 13.2 Å². The molecule has 1 aromatic carbocycles. The summed E-state index contributed by atoms with van der Waals surface area (Å²) in [5, 5.41) is 0. The summed E-state index contributed by atoms with van der Waals surface area (Å²) >= 11 is 0. The number of nitrogens with zero attached hydrogens (tertiary/aromatic N) is 1. The zero-order valence-corrected chi connectivity index (χ0v) is 12.9. The molecule has 0 spiro atoms. The molecule has 1 aromatic rings. The molecule has 0 aromatic heterocycles. The van der Waals surface area contributed by atoms with Gasteiger partial charge in [-0.1, -0.05) is 32.4 Å². The Morgan fingerprint density at radius 3 is 2.20 bits per heavy atom. The largest absolute Gasteiger partial charge is 0.448 e. The minimum Gasteiger partial charge on any atom is -0.448 e. The lowest BCUT2D eigenvalue weighted by molar-refractivity contribution is 0.158. The summed E-state index contributed by atoms with van der Waals surface area (Å²) in [6.45, 7) is 4.11. The highest BCUT2D eigenvalue weighted by Crippen LogP contribution is 2.20. The van der Waals surface area contributed by atoms with Crippen molar-refractivity contribution in [3.8, 4) is 0 Å². The quantitative estimate of drug-likeness (QED) is 0.810. The van der Waals surface area contributed by atoms with Gasteiger partial charge in [-0.15, -0.1) is 0 Å². The SMILES string of the molecule is CCCOC(=O)N(c1ccc(CCC)cc1)S(C)(=O)=O. The highest BCUT2D eigenvalue weighted by atomic mass is 32.2. The van der Waals surface area contributed by atoms with E-state index in [4.69, 9.17) is 4.74 Å². The molecule has 0 aliphatic heterocycles. The Labute approximate surface area is 120 Å². The highest BCUT2D eigenvalue weighted by molar-refractivity contribution is 7.92. The Morgan fingerprint density at radius 1 is 1.15 bits per heavy atom. The monoisotopic (exact) mass is 299 g/mol. The molecule has 1 rings (SSSR count). The van der Waals surface area contributed by atoms with Crippen molar-refractivity contribution in [2.75, 3.05) is 17.2 Å². The third-order valence-electron chi connectivity index (χ3n) is 2.64. The lowest BCUT2D eigenvalue weighted by Crippen LogP contribution is -2.36. The maximum Gasteiger partial charge on any atom is 0.428 e. The van der Waals surface area contributed by atoms with Gasteiger partial charge in [-0.3, -0.25) is 0 Å². The molecule has 0 radical (unpaired) electrons. The molecule has 112 valence electrons. The van der Waals surface area contributed by atoms with Gasteiger partial charge in [0.25, 0.3) is 0 Å². The number of ether oxygens (including phenoxy) is 1. The van der Waals surface area contributed by atoms with Gasteiger partial charge in [0.1, 0.15) is 0 Å². The smallest absolute Gasteiger partial charge is 0.428 e. The maximum atomic E-state index is 11.9. The minimum absolute atomic E-state index is 0.193. The third kappa shape index (κ3) is 4.52. The van der Waals surface area contributed by atoms with Gasteiger partial charge in [0.15, 0.2) is 0 Å². The van der Waals surface area contributed by atoms with E-state index in [1.54, 1.807) is 12.1 Å². The van der Waals surface area contributed by atoms with E-state index < -0.39 is 16.1 Å². The van der Waals surface area contributed by atoms with Crippen LogP contribution in [0, 0.1) is 0 Å². The number of anilines is 1. The number of rotatable bonds is 6. The van der Waals surface area contributed by atoms with Crippen LogP contribution in [0.3, 0.4) is 0 Å². The van der Waals surface area contributed by atoms with E-state index in [0.717, 1.165) is 24.7 Å². The average molecular weight is 299 g/mol. The lowest BCUT2D eigenvalue weighted by Gasteiger charge is -2.20. The van der Waals surface area contributed by atoms with Crippen LogP contribution in [0.5, 0.6) is 0 Å². The minimum atomic E-state index is -3.71. The number of hydrogen-bond acceptors (Lipinski definition) is 4. The molecule has 5 nitrogen and oxygen atoms in total. The van der Waals surface area contributed by atoms with Crippen molar-refractivity contribution in [1.82, 2.24) is 0 Å². The van der Waals surface area contributed by atoms with Crippen molar-refractivity contribution in [2.24, 2.45) is 0 Å². The molecule has 6 heteroatoms. The van der Waals surface area contributed by atoms with Crippen LogP contribution in [0.2, 0.25) is 0 Å². The molecule has 20 heavy (non-hydrogen) atoms. The Morgan fingerprint density at radius 2 is 1.75 bits per heavy atom. The number of aryl methyl sites for hydroxylation is 1. The van der Waals surface area contributed by atoms with Crippen LogP contribution in [0.25, 0.3) is 0 Å². The molecule has 0 fully saturated rings. The number of amides is 1. The second kappa shape index (κ2) is 7.28. The van der Waals surface area contributed by atoms with Crippen LogP contribution in [0.15, 0.2) is 24.3 Å². The fourth-order valence-corrected chi connectivity index (χ4v) is 2.60. The first-order valence-electron chi connectivity index (χ1n) is 6.66. The van der Waals surface area contributed by atoms with E-state index >= 15 is 0 Å². The summed E-state index contributed by atoms with van der Waals surface area (Å²) in [5.74, 6) is 0. The molecule has 0 saturated carbocycles. The van der Waals surface area contributed by atoms with Gasteiger partial charge in [0.05, 0.1) is 18.6 Å². The number of sulfonamides is 1. The fraction of sp³-hybridized carbons (Fsp3) is 0.500. The molecule has 0 bridgehead atoms. The molecule has 0 aliphatic carbocycles. The van der Waals surface area contributed by atoms with E-state index in [0.29, 0.717) is 16.4 Å². The summed E-state index contributed by atoms with van der Waals surface area (Å²) in [6.07, 6.45) is 2.68. The summed E-state index contributed by atoms with van der Waals surface area (Å²) in [4.78, 5) is 11.9. The standard InChI is InChI=1S/C14H21NO4S/c1-4-6-12-7-9-13(10-8-12)15(20(3,17)18)14(16)19-11-5-2/h7-10H,4-6,11H2,1-3H3. The van der Waals surface area contributed by atoms with Gasteiger partial charge < -0.3 is 4.74 Å². The first-order chi connectivity index (χ1) is 9.40. The van der Waals surface area contributed by atoms with Crippen molar-refractivity contribution < 1.29 is 17.9 Å². The Balaban J connectivity index is 3.02. The molecule has 0 unspecified atom stereocenters. The first-order valence-corrected chi connectivity index (χ1v) is 8.51. The molecule has 0 aliphatic rings. The van der Waals surface area contributed by atoms with Crippen LogP contribution >= 0.6 is 0 Å².